The first-order valence-corrected chi connectivity index (χ1v) is 9.54. The molecule has 0 saturated carbocycles. The Morgan fingerprint density at radius 1 is 1.19 bits per heavy atom. The second kappa shape index (κ2) is 7.61. The van der Waals surface area contributed by atoms with Gasteiger partial charge in [0.25, 0.3) is 0 Å². The number of hydrogen-bond acceptors (Lipinski definition) is 3. The van der Waals surface area contributed by atoms with E-state index in [1.807, 2.05) is 24.3 Å². The summed E-state index contributed by atoms with van der Waals surface area (Å²) in [6, 6.07) is 7.68. The van der Waals surface area contributed by atoms with Crippen molar-refractivity contribution in [2.45, 2.75) is 45.6 Å². The zero-order chi connectivity index (χ0) is 16.1. The van der Waals surface area contributed by atoms with Crippen LogP contribution in [-0.2, 0) is 9.84 Å². The van der Waals surface area contributed by atoms with Crippen LogP contribution in [0, 0.1) is 0 Å². The highest BCUT2D eigenvalue weighted by atomic mass is 35.5. The van der Waals surface area contributed by atoms with Gasteiger partial charge in [-0.1, -0.05) is 30.7 Å². The van der Waals surface area contributed by atoms with Crippen LogP contribution in [-0.4, -0.2) is 32.0 Å². The average molecular weight is 332 g/mol. The lowest BCUT2D eigenvalue weighted by Gasteiger charge is -2.25. The van der Waals surface area contributed by atoms with Crippen molar-refractivity contribution in [2.75, 3.05) is 18.1 Å². The molecule has 0 amide bonds. The number of sulfone groups is 1. The molecule has 1 atom stereocenters. The molecule has 5 heteroatoms. The van der Waals surface area contributed by atoms with Crippen LogP contribution in [0.15, 0.2) is 24.3 Å². The predicted molar refractivity (Wildman–Crippen MR) is 90.9 cm³/mol. The molecule has 3 nitrogen and oxygen atoms in total. The molecule has 0 aliphatic rings. The lowest BCUT2D eigenvalue weighted by Crippen LogP contribution is -2.38. The molecule has 21 heavy (non-hydrogen) atoms. The molecule has 0 bridgehead atoms. The zero-order valence-electron chi connectivity index (χ0n) is 13.3. The highest BCUT2D eigenvalue weighted by Crippen LogP contribution is 2.22. The van der Waals surface area contributed by atoms with Gasteiger partial charge in [-0.3, -0.25) is 0 Å². The average Bonchev–Trinajstić information content (AvgIpc) is 2.39. The standard InChI is InChI=1S/C16H26ClNO2S/c1-5-21(19,20)11-10-14(12-18-16(2,3)4)13-6-8-15(17)9-7-13/h6-9,14,18H,5,10-12H2,1-4H3. The second-order valence-corrected chi connectivity index (χ2v) is 9.31. The second-order valence-electron chi connectivity index (χ2n) is 6.40. The van der Waals surface area contributed by atoms with Crippen molar-refractivity contribution in [3.63, 3.8) is 0 Å². The molecule has 0 spiro atoms. The summed E-state index contributed by atoms with van der Waals surface area (Å²) in [5, 5.41) is 4.16. The lowest BCUT2D eigenvalue weighted by atomic mass is 9.95. The number of hydrogen-bond donors (Lipinski definition) is 1. The molecule has 0 aliphatic heterocycles. The molecule has 0 heterocycles. The summed E-state index contributed by atoms with van der Waals surface area (Å²) in [5.74, 6) is 0.596. The third-order valence-corrected chi connectivity index (χ3v) is 5.43. The van der Waals surface area contributed by atoms with Gasteiger partial charge < -0.3 is 5.32 Å². The van der Waals surface area contributed by atoms with E-state index in [4.69, 9.17) is 11.6 Å². The number of benzene rings is 1. The zero-order valence-corrected chi connectivity index (χ0v) is 14.9. The molecule has 1 unspecified atom stereocenters. The van der Waals surface area contributed by atoms with Crippen molar-refractivity contribution in [3.05, 3.63) is 34.9 Å². The van der Waals surface area contributed by atoms with E-state index in [1.165, 1.54) is 0 Å². The fraction of sp³-hybridized carbons (Fsp3) is 0.625. The van der Waals surface area contributed by atoms with Crippen LogP contribution < -0.4 is 5.32 Å². The normalized spacial score (nSPS) is 14.1. The van der Waals surface area contributed by atoms with Crippen molar-refractivity contribution >= 4 is 21.4 Å². The van der Waals surface area contributed by atoms with Gasteiger partial charge in [-0.15, -0.1) is 0 Å². The molecule has 1 rings (SSSR count). The Morgan fingerprint density at radius 3 is 2.24 bits per heavy atom. The van der Waals surface area contributed by atoms with E-state index in [2.05, 4.69) is 26.1 Å². The van der Waals surface area contributed by atoms with E-state index in [9.17, 15) is 8.42 Å². The minimum atomic E-state index is -2.94. The van der Waals surface area contributed by atoms with Gasteiger partial charge in [0.1, 0.15) is 9.84 Å². The largest absolute Gasteiger partial charge is 0.311 e. The minimum Gasteiger partial charge on any atom is -0.311 e. The minimum absolute atomic E-state index is 0.00824. The van der Waals surface area contributed by atoms with Crippen LogP contribution >= 0.6 is 11.6 Å². The maximum absolute atomic E-state index is 11.7. The predicted octanol–water partition coefficient (Wildman–Crippen LogP) is 3.64. The SMILES string of the molecule is CCS(=O)(=O)CCC(CNC(C)(C)C)c1ccc(Cl)cc1. The van der Waals surface area contributed by atoms with Gasteiger partial charge in [-0.05, 0) is 50.8 Å². The Balaban J connectivity index is 2.81. The molecule has 0 aliphatic carbocycles. The van der Waals surface area contributed by atoms with Crippen LogP contribution in [0.3, 0.4) is 0 Å². The molecule has 0 saturated heterocycles. The van der Waals surface area contributed by atoms with E-state index in [1.54, 1.807) is 6.92 Å². The van der Waals surface area contributed by atoms with Gasteiger partial charge in [0.15, 0.2) is 0 Å². The Kier molecular flexibility index (Phi) is 6.70. The van der Waals surface area contributed by atoms with Crippen molar-refractivity contribution in [3.8, 4) is 0 Å². The molecule has 120 valence electrons. The van der Waals surface area contributed by atoms with Crippen molar-refractivity contribution in [2.24, 2.45) is 0 Å². The molecule has 1 aromatic rings. The van der Waals surface area contributed by atoms with Crippen LogP contribution in [0.5, 0.6) is 0 Å². The third kappa shape index (κ3) is 7.30. The van der Waals surface area contributed by atoms with Gasteiger partial charge in [0.05, 0.1) is 5.75 Å². The summed E-state index contributed by atoms with van der Waals surface area (Å²) in [5.41, 5.74) is 1.14. The Bertz CT molecular complexity index is 532. The fourth-order valence-corrected chi connectivity index (χ4v) is 3.08. The first kappa shape index (κ1) is 18.5. The van der Waals surface area contributed by atoms with Crippen molar-refractivity contribution in [1.29, 1.82) is 0 Å². The fourth-order valence-electron chi connectivity index (χ4n) is 2.02. The monoisotopic (exact) mass is 331 g/mol. The molecule has 1 aromatic carbocycles. The van der Waals surface area contributed by atoms with Crippen LogP contribution in [0.4, 0.5) is 0 Å². The summed E-state index contributed by atoms with van der Waals surface area (Å²) in [6.45, 7) is 8.77. The van der Waals surface area contributed by atoms with Crippen molar-refractivity contribution in [1.82, 2.24) is 5.32 Å². The quantitative estimate of drug-likeness (QED) is 0.829. The summed E-state index contributed by atoms with van der Waals surface area (Å²) in [6.07, 6.45) is 0.626. The van der Waals surface area contributed by atoms with Gasteiger partial charge >= 0.3 is 0 Å². The Hall–Kier alpha value is -0.580. The molecule has 1 N–H and O–H groups in total. The topological polar surface area (TPSA) is 46.2 Å². The number of rotatable bonds is 7. The van der Waals surface area contributed by atoms with E-state index in [0.717, 1.165) is 12.1 Å². The van der Waals surface area contributed by atoms with Crippen molar-refractivity contribution < 1.29 is 8.42 Å². The maximum Gasteiger partial charge on any atom is 0.150 e. The molecular weight excluding hydrogens is 306 g/mol. The summed E-state index contributed by atoms with van der Waals surface area (Å²) in [7, 11) is -2.94. The smallest absolute Gasteiger partial charge is 0.150 e. The first-order valence-electron chi connectivity index (χ1n) is 7.34. The summed E-state index contributed by atoms with van der Waals surface area (Å²) >= 11 is 5.93. The number of halogens is 1. The van der Waals surface area contributed by atoms with Gasteiger partial charge in [-0.25, -0.2) is 8.42 Å². The Morgan fingerprint density at radius 2 is 1.76 bits per heavy atom. The third-order valence-electron chi connectivity index (χ3n) is 3.44. The Labute approximate surface area is 134 Å². The van der Waals surface area contributed by atoms with Gasteiger partial charge in [0, 0.05) is 22.9 Å². The van der Waals surface area contributed by atoms with Crippen LogP contribution in [0.2, 0.25) is 5.02 Å². The van der Waals surface area contributed by atoms with Crippen LogP contribution in [0.1, 0.15) is 45.6 Å². The molecule has 0 aromatic heterocycles. The van der Waals surface area contributed by atoms with E-state index >= 15 is 0 Å². The molecule has 0 fully saturated rings. The summed E-state index contributed by atoms with van der Waals surface area (Å²) < 4.78 is 23.5. The lowest BCUT2D eigenvalue weighted by molar-refractivity contribution is 0.403. The van der Waals surface area contributed by atoms with Crippen LogP contribution in [0.25, 0.3) is 0 Å². The highest BCUT2D eigenvalue weighted by Gasteiger charge is 2.18. The van der Waals surface area contributed by atoms with E-state index in [0.29, 0.717) is 11.4 Å². The first-order chi connectivity index (χ1) is 9.63. The van der Waals surface area contributed by atoms with Gasteiger partial charge in [0.2, 0.25) is 0 Å². The van der Waals surface area contributed by atoms with Gasteiger partial charge in [-0.2, -0.15) is 0 Å². The highest BCUT2D eigenvalue weighted by molar-refractivity contribution is 7.91. The summed E-state index contributed by atoms with van der Waals surface area (Å²) in [4.78, 5) is 0. The van der Waals surface area contributed by atoms with E-state index in [-0.39, 0.29) is 23.0 Å². The maximum atomic E-state index is 11.7. The molecule has 0 radical (unpaired) electrons. The number of nitrogens with one attached hydrogen (secondary N) is 1. The molecular formula is C16H26ClNO2S. The van der Waals surface area contributed by atoms with E-state index < -0.39 is 9.84 Å².